The van der Waals surface area contributed by atoms with Crippen molar-refractivity contribution in [1.29, 1.82) is 0 Å². The van der Waals surface area contributed by atoms with Crippen LogP contribution in [-0.4, -0.2) is 45.5 Å². The first-order chi connectivity index (χ1) is 12.9. The van der Waals surface area contributed by atoms with E-state index in [2.05, 4.69) is 19.0 Å². The van der Waals surface area contributed by atoms with Gasteiger partial charge in [0, 0.05) is 24.2 Å². The van der Waals surface area contributed by atoms with Crippen LogP contribution in [0.2, 0.25) is 0 Å². The molecule has 0 unspecified atom stereocenters. The molecule has 0 saturated carbocycles. The van der Waals surface area contributed by atoms with Gasteiger partial charge in [-0.1, -0.05) is 6.07 Å². The maximum absolute atomic E-state index is 13.1. The van der Waals surface area contributed by atoms with E-state index in [4.69, 9.17) is 0 Å². The molecule has 1 saturated heterocycles. The topological polar surface area (TPSA) is 105 Å². The quantitative estimate of drug-likeness (QED) is 0.691. The number of hydrogen-bond donors (Lipinski definition) is 1. The van der Waals surface area contributed by atoms with Crippen molar-refractivity contribution in [2.45, 2.75) is 24.7 Å². The van der Waals surface area contributed by atoms with Gasteiger partial charge in [-0.2, -0.15) is 13.1 Å². The van der Waals surface area contributed by atoms with Gasteiger partial charge in [-0.25, -0.2) is 13.4 Å². The Hall–Kier alpha value is -1.95. The molecule has 1 atom stereocenters. The summed E-state index contributed by atoms with van der Waals surface area (Å²) in [5.41, 5.74) is 0.943. The molecule has 0 bridgehead atoms. The Kier molecular flexibility index (Phi) is 4.93. The van der Waals surface area contributed by atoms with Gasteiger partial charge in [0.05, 0.1) is 17.6 Å². The van der Waals surface area contributed by atoms with E-state index in [0.29, 0.717) is 35.6 Å². The molecule has 27 heavy (non-hydrogen) atoms. The Bertz CT molecular complexity index is 1090. The number of rotatable bonds is 4. The Morgan fingerprint density at radius 1 is 1.33 bits per heavy atom. The van der Waals surface area contributed by atoms with E-state index in [-0.39, 0.29) is 17.3 Å². The fourth-order valence-electron chi connectivity index (χ4n) is 3.12. The number of carbonyl (C=O) groups excluding carboxylic acids is 1. The highest BCUT2D eigenvalue weighted by Crippen LogP contribution is 2.29. The predicted molar refractivity (Wildman–Crippen MR) is 104 cm³/mol. The lowest BCUT2D eigenvalue weighted by molar-refractivity contribution is -0.120. The molecule has 0 spiro atoms. The number of aryl methyl sites for hydroxylation is 1. The molecule has 8 nitrogen and oxygen atoms in total. The van der Waals surface area contributed by atoms with Gasteiger partial charge in [-0.15, -0.1) is 11.3 Å². The minimum absolute atomic E-state index is 0.144. The maximum atomic E-state index is 13.1. The monoisotopic (exact) mass is 423 g/mol. The fourth-order valence-corrected chi connectivity index (χ4v) is 6.07. The average molecular weight is 424 g/mol. The molecule has 1 aliphatic heterocycles. The van der Waals surface area contributed by atoms with Crippen molar-refractivity contribution >= 4 is 55.2 Å². The van der Waals surface area contributed by atoms with Crippen LogP contribution in [0.5, 0.6) is 0 Å². The van der Waals surface area contributed by atoms with Crippen molar-refractivity contribution in [1.82, 2.24) is 18.0 Å². The van der Waals surface area contributed by atoms with E-state index < -0.39 is 15.9 Å². The summed E-state index contributed by atoms with van der Waals surface area (Å²) in [6, 6.07) is 4.94. The molecule has 1 aromatic carbocycles. The second-order valence-electron chi connectivity index (χ2n) is 6.36. The molecule has 11 heteroatoms. The molecule has 0 aliphatic carbocycles. The van der Waals surface area contributed by atoms with Crippen molar-refractivity contribution in [3.63, 3.8) is 0 Å². The van der Waals surface area contributed by atoms with Crippen molar-refractivity contribution in [3.05, 3.63) is 29.3 Å². The molecule has 3 aromatic rings. The third-order valence-electron chi connectivity index (χ3n) is 4.47. The summed E-state index contributed by atoms with van der Waals surface area (Å²) in [5, 5.41) is 3.33. The Morgan fingerprint density at radius 3 is 2.96 bits per heavy atom. The predicted octanol–water partition coefficient (Wildman–Crippen LogP) is 2.50. The molecule has 1 N–H and O–H groups in total. The minimum Gasteiger partial charge on any atom is -0.302 e. The molecule has 0 radical (unpaired) electrons. The van der Waals surface area contributed by atoms with Crippen LogP contribution in [-0.2, 0) is 14.8 Å². The molecule has 1 amide bonds. The number of piperidine rings is 1. The summed E-state index contributed by atoms with van der Waals surface area (Å²) in [6.07, 6.45) is 2.96. The van der Waals surface area contributed by atoms with Crippen molar-refractivity contribution < 1.29 is 13.2 Å². The number of sulfonamides is 1. The number of anilines is 1. The second kappa shape index (κ2) is 7.23. The summed E-state index contributed by atoms with van der Waals surface area (Å²) in [4.78, 5) is 17.9. The number of hydrogen-bond acceptors (Lipinski definition) is 8. The van der Waals surface area contributed by atoms with E-state index in [0.717, 1.165) is 16.6 Å². The third-order valence-corrected chi connectivity index (χ3v) is 7.74. The summed E-state index contributed by atoms with van der Waals surface area (Å²) in [6.45, 7) is 2.44. The SMILES string of the molecule is Cc1cnc(NC(=O)[C@H]2CCCN(S(=O)(=O)c3cccc4nsnc34)C2)s1. The highest BCUT2D eigenvalue weighted by molar-refractivity contribution is 7.89. The average Bonchev–Trinajstić information content (AvgIpc) is 3.30. The van der Waals surface area contributed by atoms with Gasteiger partial charge < -0.3 is 5.32 Å². The lowest BCUT2D eigenvalue weighted by Gasteiger charge is -2.31. The molecule has 1 aliphatic rings. The van der Waals surface area contributed by atoms with E-state index in [1.807, 2.05) is 6.92 Å². The molecular formula is C16H17N5O3S3. The number of amides is 1. The number of nitrogens with zero attached hydrogens (tertiary/aromatic N) is 4. The molecule has 3 heterocycles. The van der Waals surface area contributed by atoms with Crippen LogP contribution < -0.4 is 5.32 Å². The van der Waals surface area contributed by atoms with Gasteiger partial charge >= 0.3 is 0 Å². The second-order valence-corrected chi connectivity index (χ2v) is 10.0. The number of fused-ring (bicyclic) bond motifs is 1. The summed E-state index contributed by atoms with van der Waals surface area (Å²) in [5.74, 6) is -0.608. The smallest absolute Gasteiger partial charge is 0.245 e. The summed E-state index contributed by atoms with van der Waals surface area (Å²) < 4.78 is 35.9. The lowest BCUT2D eigenvalue weighted by Crippen LogP contribution is -2.43. The normalized spacial score (nSPS) is 18.6. The first-order valence-electron chi connectivity index (χ1n) is 8.40. The number of benzene rings is 1. The first kappa shape index (κ1) is 18.4. The van der Waals surface area contributed by atoms with Gasteiger partial charge in [0.1, 0.15) is 15.9 Å². The molecular weight excluding hydrogens is 406 g/mol. The minimum atomic E-state index is -3.75. The van der Waals surface area contributed by atoms with Crippen molar-refractivity contribution in [2.24, 2.45) is 5.92 Å². The van der Waals surface area contributed by atoms with Crippen LogP contribution in [0.15, 0.2) is 29.3 Å². The Balaban J connectivity index is 1.55. The zero-order valence-electron chi connectivity index (χ0n) is 14.5. The Morgan fingerprint density at radius 2 is 2.19 bits per heavy atom. The lowest BCUT2D eigenvalue weighted by atomic mass is 9.99. The van der Waals surface area contributed by atoms with Gasteiger partial charge in [-0.3, -0.25) is 4.79 Å². The van der Waals surface area contributed by atoms with Crippen LogP contribution in [0.1, 0.15) is 17.7 Å². The Labute approximate surface area is 164 Å². The third kappa shape index (κ3) is 3.59. The van der Waals surface area contributed by atoms with Crippen LogP contribution in [0.3, 0.4) is 0 Å². The fraction of sp³-hybridized carbons (Fsp3) is 0.375. The van der Waals surface area contributed by atoms with Crippen LogP contribution in [0.4, 0.5) is 5.13 Å². The van der Waals surface area contributed by atoms with Crippen LogP contribution in [0, 0.1) is 12.8 Å². The summed E-state index contributed by atoms with van der Waals surface area (Å²) >= 11 is 2.38. The summed E-state index contributed by atoms with van der Waals surface area (Å²) in [7, 11) is -3.75. The zero-order chi connectivity index (χ0) is 19.0. The van der Waals surface area contributed by atoms with E-state index in [1.54, 1.807) is 24.4 Å². The number of aromatic nitrogens is 3. The van der Waals surface area contributed by atoms with Gasteiger partial charge in [0.2, 0.25) is 15.9 Å². The van der Waals surface area contributed by atoms with Crippen molar-refractivity contribution in [3.8, 4) is 0 Å². The number of carbonyl (C=O) groups is 1. The molecule has 142 valence electrons. The highest BCUT2D eigenvalue weighted by atomic mass is 32.2. The van der Waals surface area contributed by atoms with Crippen LogP contribution in [0.25, 0.3) is 11.0 Å². The van der Waals surface area contributed by atoms with E-state index in [9.17, 15) is 13.2 Å². The van der Waals surface area contributed by atoms with Gasteiger partial charge in [0.15, 0.2) is 5.13 Å². The van der Waals surface area contributed by atoms with E-state index in [1.165, 1.54) is 15.6 Å². The zero-order valence-corrected chi connectivity index (χ0v) is 16.9. The number of nitrogens with one attached hydrogen (secondary N) is 1. The largest absolute Gasteiger partial charge is 0.302 e. The molecule has 4 rings (SSSR count). The maximum Gasteiger partial charge on any atom is 0.245 e. The number of thiazole rings is 1. The molecule has 1 fully saturated rings. The first-order valence-corrected chi connectivity index (χ1v) is 11.4. The van der Waals surface area contributed by atoms with E-state index >= 15 is 0 Å². The van der Waals surface area contributed by atoms with Crippen LogP contribution >= 0.6 is 23.1 Å². The van der Waals surface area contributed by atoms with Gasteiger partial charge in [-0.05, 0) is 31.9 Å². The standard InChI is InChI=1S/C16H17N5O3S3/c1-10-8-17-16(25-10)18-15(22)11-4-3-7-21(9-11)27(23,24)13-6-2-5-12-14(13)20-26-19-12/h2,5-6,8,11H,3-4,7,9H2,1H3,(H,17,18,22)/t11-/m0/s1. The molecule has 2 aromatic heterocycles. The van der Waals surface area contributed by atoms with Gasteiger partial charge in [0.25, 0.3) is 0 Å². The van der Waals surface area contributed by atoms with Crippen molar-refractivity contribution in [2.75, 3.05) is 18.4 Å². The highest BCUT2D eigenvalue weighted by Gasteiger charge is 2.34.